The molecule has 2 heterocycles. The summed E-state index contributed by atoms with van der Waals surface area (Å²) in [5, 5.41) is 0. The summed E-state index contributed by atoms with van der Waals surface area (Å²) in [6.07, 6.45) is 4.38. The molecule has 2 aliphatic rings. The maximum atomic E-state index is 13.2. The van der Waals surface area contributed by atoms with Crippen LogP contribution in [0.25, 0.3) is 0 Å². The summed E-state index contributed by atoms with van der Waals surface area (Å²) in [6.45, 7) is 4.41. The Morgan fingerprint density at radius 1 is 1.32 bits per heavy atom. The van der Waals surface area contributed by atoms with Crippen LogP contribution in [0.2, 0.25) is 0 Å². The SMILES string of the molecule is CCCCN(C(=O)c1[nH]c2c(c1C)C(=O)CCC2)[C@H]1CCS(=O)(=O)C1. The summed E-state index contributed by atoms with van der Waals surface area (Å²) in [6, 6.07) is -0.264. The minimum absolute atomic E-state index is 0.0425. The van der Waals surface area contributed by atoms with Gasteiger partial charge in [0.05, 0.1) is 11.5 Å². The molecule has 0 spiro atoms. The van der Waals surface area contributed by atoms with E-state index < -0.39 is 9.84 Å². The molecule has 1 aromatic heterocycles. The van der Waals surface area contributed by atoms with Crippen LogP contribution in [0.1, 0.15) is 71.1 Å². The van der Waals surface area contributed by atoms with Crippen LogP contribution in [0, 0.1) is 6.92 Å². The lowest BCUT2D eigenvalue weighted by Crippen LogP contribution is -2.42. The van der Waals surface area contributed by atoms with Crippen molar-refractivity contribution in [1.29, 1.82) is 0 Å². The van der Waals surface area contributed by atoms with Crippen molar-refractivity contribution in [3.8, 4) is 0 Å². The Morgan fingerprint density at radius 3 is 2.68 bits per heavy atom. The van der Waals surface area contributed by atoms with E-state index in [1.165, 1.54) is 0 Å². The van der Waals surface area contributed by atoms with Crippen molar-refractivity contribution < 1.29 is 18.0 Å². The van der Waals surface area contributed by atoms with E-state index in [1.54, 1.807) is 4.90 Å². The zero-order valence-electron chi connectivity index (χ0n) is 14.9. The number of aromatic amines is 1. The molecule has 6 nitrogen and oxygen atoms in total. The van der Waals surface area contributed by atoms with E-state index in [4.69, 9.17) is 0 Å². The Labute approximate surface area is 148 Å². The minimum atomic E-state index is -3.06. The Hall–Kier alpha value is -1.63. The van der Waals surface area contributed by atoms with E-state index in [2.05, 4.69) is 4.98 Å². The van der Waals surface area contributed by atoms with Gasteiger partial charge in [0.25, 0.3) is 5.91 Å². The Morgan fingerprint density at radius 2 is 2.08 bits per heavy atom. The largest absolute Gasteiger partial charge is 0.354 e. The molecule has 3 rings (SSSR count). The lowest BCUT2D eigenvalue weighted by atomic mass is 9.93. The number of carbonyl (C=O) groups is 2. The zero-order valence-corrected chi connectivity index (χ0v) is 15.7. The smallest absolute Gasteiger partial charge is 0.270 e. The van der Waals surface area contributed by atoms with Crippen molar-refractivity contribution >= 4 is 21.5 Å². The monoisotopic (exact) mass is 366 g/mol. The maximum absolute atomic E-state index is 13.2. The lowest BCUT2D eigenvalue weighted by molar-refractivity contribution is 0.0688. The number of Topliss-reactive ketones (excluding diaryl/α,β-unsaturated/α-hetero) is 1. The normalized spacial score (nSPS) is 22.0. The van der Waals surface area contributed by atoms with Gasteiger partial charge in [-0.1, -0.05) is 13.3 Å². The van der Waals surface area contributed by atoms with E-state index in [-0.39, 0.29) is 29.2 Å². The number of nitrogens with one attached hydrogen (secondary N) is 1. The van der Waals surface area contributed by atoms with Gasteiger partial charge in [-0.05, 0) is 38.2 Å². The van der Waals surface area contributed by atoms with Crippen molar-refractivity contribution in [2.75, 3.05) is 18.1 Å². The molecule has 0 aromatic carbocycles. The van der Waals surface area contributed by atoms with Crippen LogP contribution in [0.3, 0.4) is 0 Å². The van der Waals surface area contributed by atoms with Gasteiger partial charge in [-0.25, -0.2) is 8.42 Å². The Bertz CT molecular complexity index is 794. The molecular weight excluding hydrogens is 340 g/mol. The van der Waals surface area contributed by atoms with Gasteiger partial charge in [0.2, 0.25) is 0 Å². The number of sulfone groups is 1. The van der Waals surface area contributed by atoms with Crippen molar-refractivity contribution in [3.05, 3.63) is 22.5 Å². The number of rotatable bonds is 5. The molecule has 0 radical (unpaired) electrons. The fraction of sp³-hybridized carbons (Fsp3) is 0.667. The second-order valence-electron chi connectivity index (χ2n) is 7.16. The van der Waals surface area contributed by atoms with E-state index in [1.807, 2.05) is 13.8 Å². The van der Waals surface area contributed by atoms with Crippen molar-refractivity contribution in [3.63, 3.8) is 0 Å². The summed E-state index contributed by atoms with van der Waals surface area (Å²) in [5.41, 5.74) is 2.70. The van der Waals surface area contributed by atoms with Crippen LogP contribution >= 0.6 is 0 Å². The number of nitrogens with zero attached hydrogens (tertiary/aromatic N) is 1. The van der Waals surface area contributed by atoms with Gasteiger partial charge in [0.15, 0.2) is 15.6 Å². The van der Waals surface area contributed by atoms with Crippen LogP contribution < -0.4 is 0 Å². The standard InChI is InChI=1S/C18H26N2O4S/c1-3-4-9-20(13-8-10-25(23,24)11-13)18(22)17-12(2)16-14(19-17)6-5-7-15(16)21/h13,19H,3-11H2,1-2H3/t13-/m0/s1. The van der Waals surface area contributed by atoms with Gasteiger partial charge in [-0.2, -0.15) is 0 Å². The van der Waals surface area contributed by atoms with Crippen molar-refractivity contribution in [1.82, 2.24) is 9.88 Å². The third-order valence-electron chi connectivity index (χ3n) is 5.31. The van der Waals surface area contributed by atoms with Gasteiger partial charge >= 0.3 is 0 Å². The average molecular weight is 366 g/mol. The van der Waals surface area contributed by atoms with Gasteiger partial charge in [0.1, 0.15) is 5.69 Å². The third kappa shape index (κ3) is 3.52. The highest BCUT2D eigenvalue weighted by atomic mass is 32.2. The van der Waals surface area contributed by atoms with Crippen LogP contribution in [0.5, 0.6) is 0 Å². The molecule has 1 fully saturated rings. The predicted octanol–water partition coefficient (Wildman–Crippen LogP) is 2.27. The van der Waals surface area contributed by atoms with E-state index in [0.717, 1.165) is 31.4 Å². The van der Waals surface area contributed by atoms with Crippen LogP contribution in [0.4, 0.5) is 0 Å². The van der Waals surface area contributed by atoms with E-state index in [0.29, 0.717) is 36.2 Å². The van der Waals surface area contributed by atoms with E-state index >= 15 is 0 Å². The number of fused-ring (bicyclic) bond motifs is 1. The highest BCUT2D eigenvalue weighted by molar-refractivity contribution is 7.91. The molecule has 138 valence electrons. The average Bonchev–Trinajstić information content (AvgIpc) is 3.08. The van der Waals surface area contributed by atoms with E-state index in [9.17, 15) is 18.0 Å². The first-order chi connectivity index (χ1) is 11.8. The molecule has 0 bridgehead atoms. The van der Waals surface area contributed by atoms with Gasteiger partial charge in [-0.3, -0.25) is 9.59 Å². The second kappa shape index (κ2) is 6.94. The predicted molar refractivity (Wildman–Crippen MR) is 95.8 cm³/mol. The van der Waals surface area contributed by atoms with Crippen molar-refractivity contribution in [2.24, 2.45) is 0 Å². The first-order valence-electron chi connectivity index (χ1n) is 9.10. The number of hydrogen-bond acceptors (Lipinski definition) is 4. The quantitative estimate of drug-likeness (QED) is 0.866. The summed E-state index contributed by atoms with van der Waals surface area (Å²) < 4.78 is 23.7. The molecule has 1 atom stereocenters. The number of H-pyrrole nitrogens is 1. The number of unbranched alkanes of at least 4 members (excludes halogenated alkanes) is 1. The minimum Gasteiger partial charge on any atom is -0.354 e. The number of amides is 1. The first kappa shape index (κ1) is 18.2. The Balaban J connectivity index is 1.91. The fourth-order valence-electron chi connectivity index (χ4n) is 3.93. The molecule has 0 saturated carbocycles. The molecule has 1 aliphatic carbocycles. The number of aromatic nitrogens is 1. The number of aryl methyl sites for hydroxylation is 1. The highest BCUT2D eigenvalue weighted by Gasteiger charge is 2.36. The topological polar surface area (TPSA) is 87.3 Å². The fourth-order valence-corrected chi connectivity index (χ4v) is 5.66. The second-order valence-corrected chi connectivity index (χ2v) is 9.39. The molecule has 1 aromatic rings. The van der Waals surface area contributed by atoms with Gasteiger partial charge < -0.3 is 9.88 Å². The van der Waals surface area contributed by atoms with Crippen LogP contribution in [-0.2, 0) is 16.3 Å². The first-order valence-corrected chi connectivity index (χ1v) is 10.9. The molecular formula is C18H26N2O4S. The lowest BCUT2D eigenvalue weighted by Gasteiger charge is -2.28. The number of hydrogen-bond donors (Lipinski definition) is 1. The number of ketones is 1. The van der Waals surface area contributed by atoms with Crippen LogP contribution in [0.15, 0.2) is 0 Å². The molecule has 1 aliphatic heterocycles. The Kier molecular flexibility index (Phi) is 5.04. The summed E-state index contributed by atoms with van der Waals surface area (Å²) >= 11 is 0. The molecule has 25 heavy (non-hydrogen) atoms. The number of carbonyl (C=O) groups excluding carboxylic acids is 2. The third-order valence-corrected chi connectivity index (χ3v) is 7.06. The summed E-state index contributed by atoms with van der Waals surface area (Å²) in [4.78, 5) is 30.3. The maximum Gasteiger partial charge on any atom is 0.270 e. The highest BCUT2D eigenvalue weighted by Crippen LogP contribution is 2.28. The summed E-state index contributed by atoms with van der Waals surface area (Å²) in [7, 11) is -3.06. The zero-order chi connectivity index (χ0) is 18.2. The van der Waals surface area contributed by atoms with Crippen LogP contribution in [-0.4, -0.2) is 54.1 Å². The molecule has 0 unspecified atom stereocenters. The molecule has 1 N–H and O–H groups in total. The van der Waals surface area contributed by atoms with Crippen molar-refractivity contribution in [2.45, 2.75) is 58.4 Å². The van der Waals surface area contributed by atoms with Gasteiger partial charge in [0, 0.05) is 30.3 Å². The molecule has 7 heteroatoms. The molecule has 1 amide bonds. The molecule has 1 saturated heterocycles. The summed E-state index contributed by atoms with van der Waals surface area (Å²) in [5.74, 6) is 0.112. The van der Waals surface area contributed by atoms with Gasteiger partial charge in [-0.15, -0.1) is 0 Å².